The maximum absolute atomic E-state index is 12.2. The van der Waals surface area contributed by atoms with Crippen molar-refractivity contribution in [1.29, 1.82) is 0 Å². The number of nitrogens with zero attached hydrogens (tertiary/aromatic N) is 2. The molecule has 0 spiro atoms. The van der Waals surface area contributed by atoms with E-state index in [0.29, 0.717) is 45.7 Å². The van der Waals surface area contributed by atoms with Crippen LogP contribution in [0.5, 0.6) is 0 Å². The summed E-state index contributed by atoms with van der Waals surface area (Å²) >= 11 is 0. The SMILES string of the molecule is CCc1c(C)c2cc3nc(-c4ccc([N+](=O)[O-])cc4)oc3c(C)c2oc1=O. The maximum atomic E-state index is 12.2. The number of oxazole rings is 1. The number of nitro groups is 1. The van der Waals surface area contributed by atoms with Crippen LogP contribution in [-0.2, 0) is 6.42 Å². The van der Waals surface area contributed by atoms with E-state index in [9.17, 15) is 14.9 Å². The number of nitro benzene ring substituents is 1. The Morgan fingerprint density at radius 2 is 1.78 bits per heavy atom. The number of rotatable bonds is 3. The van der Waals surface area contributed by atoms with Gasteiger partial charge >= 0.3 is 5.63 Å². The average molecular weight is 364 g/mol. The topological polar surface area (TPSA) is 99.4 Å². The van der Waals surface area contributed by atoms with Gasteiger partial charge in [0.15, 0.2) is 5.58 Å². The molecule has 0 bridgehead atoms. The summed E-state index contributed by atoms with van der Waals surface area (Å²) in [6.07, 6.45) is 0.591. The van der Waals surface area contributed by atoms with E-state index in [1.54, 1.807) is 12.1 Å². The first-order chi connectivity index (χ1) is 12.9. The van der Waals surface area contributed by atoms with E-state index >= 15 is 0 Å². The van der Waals surface area contributed by atoms with Crippen LogP contribution in [-0.4, -0.2) is 9.91 Å². The summed E-state index contributed by atoms with van der Waals surface area (Å²) in [7, 11) is 0. The van der Waals surface area contributed by atoms with Gasteiger partial charge in [0.05, 0.1) is 4.92 Å². The Hall–Kier alpha value is -3.48. The lowest BCUT2D eigenvalue weighted by atomic mass is 10.0. The Kier molecular flexibility index (Phi) is 3.80. The second-order valence-electron chi connectivity index (χ2n) is 6.40. The van der Waals surface area contributed by atoms with Crippen molar-refractivity contribution >= 4 is 27.8 Å². The molecular formula is C20H16N2O5. The molecule has 0 aliphatic rings. The standard InChI is InChI=1S/C20H16N2O5/c1-4-14-10(2)15-9-16-18(11(3)17(15)27-20(14)23)26-19(21-16)12-5-7-13(8-6-12)22(24)25/h5-9H,4H2,1-3H3. The maximum Gasteiger partial charge on any atom is 0.339 e. The molecule has 27 heavy (non-hydrogen) atoms. The molecule has 2 heterocycles. The monoisotopic (exact) mass is 364 g/mol. The zero-order valence-electron chi connectivity index (χ0n) is 15.0. The van der Waals surface area contributed by atoms with Crippen molar-refractivity contribution in [2.75, 3.05) is 0 Å². The van der Waals surface area contributed by atoms with Crippen molar-refractivity contribution < 1.29 is 13.8 Å². The zero-order valence-corrected chi connectivity index (χ0v) is 15.0. The largest absolute Gasteiger partial charge is 0.436 e. The molecule has 0 amide bonds. The molecule has 4 rings (SSSR count). The molecule has 0 radical (unpaired) electrons. The van der Waals surface area contributed by atoms with E-state index in [4.69, 9.17) is 8.83 Å². The van der Waals surface area contributed by atoms with Crippen LogP contribution >= 0.6 is 0 Å². The number of non-ortho nitro benzene ring substituents is 1. The third-order valence-corrected chi connectivity index (χ3v) is 4.84. The first-order valence-electron chi connectivity index (χ1n) is 8.52. The van der Waals surface area contributed by atoms with Gasteiger partial charge in [0, 0.05) is 34.2 Å². The average Bonchev–Trinajstić information content (AvgIpc) is 3.08. The third kappa shape index (κ3) is 2.59. The quantitative estimate of drug-likeness (QED) is 0.297. The molecule has 0 unspecified atom stereocenters. The fraction of sp³-hybridized carbons (Fsp3) is 0.200. The number of hydrogen-bond donors (Lipinski definition) is 0. The summed E-state index contributed by atoms with van der Waals surface area (Å²) in [5.41, 5.74) is 4.21. The molecule has 0 aliphatic carbocycles. The fourth-order valence-corrected chi connectivity index (χ4v) is 3.34. The highest BCUT2D eigenvalue weighted by atomic mass is 16.6. The van der Waals surface area contributed by atoms with Crippen molar-refractivity contribution in [1.82, 2.24) is 4.98 Å². The Balaban J connectivity index is 1.95. The molecule has 0 fully saturated rings. The molecule has 0 N–H and O–H groups in total. The molecule has 7 nitrogen and oxygen atoms in total. The molecule has 7 heteroatoms. The number of aromatic nitrogens is 1. The molecule has 0 aliphatic heterocycles. The minimum absolute atomic E-state index is 0.00118. The second-order valence-corrected chi connectivity index (χ2v) is 6.40. The smallest absolute Gasteiger partial charge is 0.339 e. The van der Waals surface area contributed by atoms with Crippen LogP contribution in [0.25, 0.3) is 33.5 Å². The number of fused-ring (bicyclic) bond motifs is 2. The van der Waals surface area contributed by atoms with E-state index < -0.39 is 4.92 Å². The van der Waals surface area contributed by atoms with Crippen molar-refractivity contribution in [2.45, 2.75) is 27.2 Å². The summed E-state index contributed by atoms with van der Waals surface area (Å²) in [4.78, 5) is 27.1. The Labute approximate surface area is 153 Å². The van der Waals surface area contributed by atoms with Gasteiger partial charge in [-0.3, -0.25) is 10.1 Å². The van der Waals surface area contributed by atoms with Crippen LogP contribution < -0.4 is 5.63 Å². The minimum atomic E-state index is -0.456. The van der Waals surface area contributed by atoms with Crippen molar-refractivity contribution in [3.8, 4) is 11.5 Å². The highest BCUT2D eigenvalue weighted by molar-refractivity contribution is 5.97. The fourth-order valence-electron chi connectivity index (χ4n) is 3.34. The Morgan fingerprint density at radius 3 is 2.41 bits per heavy atom. The molecule has 2 aromatic carbocycles. The highest BCUT2D eigenvalue weighted by Gasteiger charge is 2.18. The van der Waals surface area contributed by atoms with Gasteiger partial charge in [-0.15, -0.1) is 0 Å². The van der Waals surface area contributed by atoms with Gasteiger partial charge in [-0.25, -0.2) is 9.78 Å². The summed E-state index contributed by atoms with van der Waals surface area (Å²) in [5.74, 6) is 0.356. The molecular weight excluding hydrogens is 348 g/mol. The van der Waals surface area contributed by atoms with Gasteiger partial charge in [0.1, 0.15) is 11.1 Å². The van der Waals surface area contributed by atoms with Gasteiger partial charge < -0.3 is 8.83 Å². The van der Waals surface area contributed by atoms with E-state index in [2.05, 4.69) is 4.98 Å². The lowest BCUT2D eigenvalue weighted by Gasteiger charge is -2.07. The first kappa shape index (κ1) is 17.0. The van der Waals surface area contributed by atoms with Gasteiger partial charge in [-0.2, -0.15) is 0 Å². The van der Waals surface area contributed by atoms with E-state index in [1.807, 2.05) is 26.8 Å². The lowest BCUT2D eigenvalue weighted by molar-refractivity contribution is -0.384. The second kappa shape index (κ2) is 6.05. The van der Waals surface area contributed by atoms with Gasteiger partial charge in [-0.1, -0.05) is 6.92 Å². The predicted octanol–water partition coefficient (Wildman–Crippen LogP) is 4.69. The number of hydrogen-bond acceptors (Lipinski definition) is 6. The highest BCUT2D eigenvalue weighted by Crippen LogP contribution is 2.33. The van der Waals surface area contributed by atoms with Crippen LogP contribution in [0.2, 0.25) is 0 Å². The van der Waals surface area contributed by atoms with Crippen LogP contribution in [0.3, 0.4) is 0 Å². The van der Waals surface area contributed by atoms with E-state index in [-0.39, 0.29) is 11.3 Å². The van der Waals surface area contributed by atoms with Crippen LogP contribution in [0, 0.1) is 24.0 Å². The van der Waals surface area contributed by atoms with Crippen LogP contribution in [0.15, 0.2) is 44.0 Å². The van der Waals surface area contributed by atoms with Crippen molar-refractivity contribution in [3.05, 3.63) is 67.6 Å². The van der Waals surface area contributed by atoms with E-state index in [0.717, 1.165) is 10.9 Å². The Morgan fingerprint density at radius 1 is 1.07 bits per heavy atom. The van der Waals surface area contributed by atoms with E-state index in [1.165, 1.54) is 12.1 Å². The molecule has 4 aromatic rings. The number of aryl methyl sites for hydroxylation is 2. The molecule has 136 valence electrons. The predicted molar refractivity (Wildman–Crippen MR) is 101 cm³/mol. The summed E-state index contributed by atoms with van der Waals surface area (Å²) < 4.78 is 11.4. The molecule has 0 saturated carbocycles. The molecule has 0 atom stereocenters. The van der Waals surface area contributed by atoms with Crippen molar-refractivity contribution in [3.63, 3.8) is 0 Å². The van der Waals surface area contributed by atoms with Crippen molar-refractivity contribution in [2.24, 2.45) is 0 Å². The summed E-state index contributed by atoms with van der Waals surface area (Å²) in [5, 5.41) is 11.6. The zero-order chi connectivity index (χ0) is 19.3. The molecule has 2 aromatic heterocycles. The summed E-state index contributed by atoms with van der Waals surface area (Å²) in [6.45, 7) is 5.64. The molecule has 0 saturated heterocycles. The lowest BCUT2D eigenvalue weighted by Crippen LogP contribution is -2.09. The number of benzene rings is 2. The van der Waals surface area contributed by atoms with Crippen LogP contribution in [0.4, 0.5) is 5.69 Å². The summed E-state index contributed by atoms with van der Waals surface area (Å²) in [6, 6.07) is 7.86. The van der Waals surface area contributed by atoms with Gasteiger partial charge in [0.2, 0.25) is 5.89 Å². The van der Waals surface area contributed by atoms with Crippen LogP contribution in [0.1, 0.15) is 23.6 Å². The first-order valence-corrected chi connectivity index (χ1v) is 8.52. The van der Waals surface area contributed by atoms with Gasteiger partial charge in [-0.05, 0) is 44.0 Å². The van der Waals surface area contributed by atoms with Gasteiger partial charge in [0.25, 0.3) is 5.69 Å². The Bertz CT molecular complexity index is 1270. The normalized spacial score (nSPS) is 11.4. The minimum Gasteiger partial charge on any atom is -0.436 e. The third-order valence-electron chi connectivity index (χ3n) is 4.84.